The number of rotatable bonds is 0. The third kappa shape index (κ3) is 7.61. The molecule has 0 radical (unpaired) electrons. The van der Waals surface area contributed by atoms with Gasteiger partial charge in [-0.25, -0.2) is 0 Å². The molecule has 0 spiro atoms. The summed E-state index contributed by atoms with van der Waals surface area (Å²) < 4.78 is 70.4. The van der Waals surface area contributed by atoms with Crippen molar-refractivity contribution >= 4 is 0 Å². The summed E-state index contributed by atoms with van der Waals surface area (Å²) in [6.45, 7) is 4.00. The van der Waals surface area contributed by atoms with Gasteiger partial charge in [-0.1, -0.05) is 26.0 Å². The molecule has 22 heavy (non-hydrogen) atoms. The predicted octanol–water partition coefficient (Wildman–Crippen LogP) is 5.23. The molecule has 2 aromatic heterocycles. The van der Waals surface area contributed by atoms with Crippen molar-refractivity contribution in [3.8, 4) is 0 Å². The molecule has 0 aromatic carbocycles. The minimum atomic E-state index is -4.32. The molecule has 8 heteroatoms. The SMILES string of the molecule is CC.FC(F)(F)c1ccccn1.FC(F)(F)c1ccccn1. The fraction of sp³-hybridized carbons (Fsp3) is 0.286. The normalized spacial score (nSPS) is 10.7. The molecule has 0 atom stereocenters. The predicted molar refractivity (Wildman–Crippen MR) is 69.8 cm³/mol. The van der Waals surface area contributed by atoms with Crippen molar-refractivity contribution < 1.29 is 26.3 Å². The molecular weight excluding hydrogens is 310 g/mol. The summed E-state index contributed by atoms with van der Waals surface area (Å²) >= 11 is 0. The molecule has 0 N–H and O–H groups in total. The van der Waals surface area contributed by atoms with E-state index in [1.54, 1.807) is 0 Å². The van der Waals surface area contributed by atoms with Gasteiger partial charge < -0.3 is 0 Å². The van der Waals surface area contributed by atoms with E-state index in [1.165, 1.54) is 24.3 Å². The Bertz CT molecular complexity index is 459. The lowest BCUT2D eigenvalue weighted by Crippen LogP contribution is -2.06. The highest BCUT2D eigenvalue weighted by Gasteiger charge is 2.32. The van der Waals surface area contributed by atoms with E-state index < -0.39 is 23.7 Å². The Hall–Kier alpha value is -2.12. The van der Waals surface area contributed by atoms with Crippen LogP contribution in [-0.2, 0) is 12.4 Å². The van der Waals surface area contributed by atoms with E-state index in [1.807, 2.05) is 13.8 Å². The zero-order valence-corrected chi connectivity index (χ0v) is 11.8. The molecule has 0 saturated heterocycles. The Balaban J connectivity index is 0.000000360. The lowest BCUT2D eigenvalue weighted by molar-refractivity contribution is -0.141. The molecule has 0 saturated carbocycles. The van der Waals surface area contributed by atoms with E-state index in [4.69, 9.17) is 0 Å². The van der Waals surface area contributed by atoms with E-state index in [9.17, 15) is 26.3 Å². The van der Waals surface area contributed by atoms with Crippen molar-refractivity contribution in [1.82, 2.24) is 9.97 Å². The zero-order chi connectivity index (χ0) is 17.2. The molecule has 2 rings (SSSR count). The highest BCUT2D eigenvalue weighted by Crippen LogP contribution is 2.27. The average Bonchev–Trinajstić information content (AvgIpc) is 2.50. The van der Waals surface area contributed by atoms with Crippen molar-refractivity contribution in [1.29, 1.82) is 0 Å². The van der Waals surface area contributed by atoms with E-state index >= 15 is 0 Å². The summed E-state index contributed by atoms with van der Waals surface area (Å²) in [6, 6.07) is 7.34. The van der Waals surface area contributed by atoms with Crippen molar-refractivity contribution in [3.63, 3.8) is 0 Å². The van der Waals surface area contributed by atoms with Crippen molar-refractivity contribution in [3.05, 3.63) is 60.2 Å². The first-order chi connectivity index (χ1) is 10.2. The number of nitrogens with zero attached hydrogens (tertiary/aromatic N) is 2. The molecular formula is C14H14F6N2. The monoisotopic (exact) mass is 324 g/mol. The second kappa shape index (κ2) is 9.01. The minimum absolute atomic E-state index is 0.852. The van der Waals surface area contributed by atoms with Gasteiger partial charge in [0.15, 0.2) is 0 Å². The Kier molecular flexibility index (Phi) is 8.14. The number of halogens is 6. The second-order valence-electron chi connectivity index (χ2n) is 3.43. The maximum absolute atomic E-state index is 11.7. The number of hydrogen-bond donors (Lipinski definition) is 0. The largest absolute Gasteiger partial charge is 0.433 e. The van der Waals surface area contributed by atoms with Gasteiger partial charge in [0.25, 0.3) is 0 Å². The molecule has 2 heterocycles. The van der Waals surface area contributed by atoms with E-state index in [2.05, 4.69) is 9.97 Å². The lowest BCUT2D eigenvalue weighted by Gasteiger charge is -2.02. The summed E-state index contributed by atoms with van der Waals surface area (Å²) in [6.07, 6.45) is -6.41. The first kappa shape index (κ1) is 19.9. The molecule has 2 aromatic rings. The van der Waals surface area contributed by atoms with E-state index in [0.717, 1.165) is 24.5 Å². The third-order valence-electron chi connectivity index (χ3n) is 1.91. The van der Waals surface area contributed by atoms with Gasteiger partial charge in [0.2, 0.25) is 0 Å². The zero-order valence-electron chi connectivity index (χ0n) is 11.8. The minimum Gasteiger partial charge on any atom is -0.252 e. The van der Waals surface area contributed by atoms with Gasteiger partial charge >= 0.3 is 12.4 Å². The second-order valence-corrected chi connectivity index (χ2v) is 3.43. The van der Waals surface area contributed by atoms with Crippen LogP contribution in [0.5, 0.6) is 0 Å². The van der Waals surface area contributed by atoms with Crippen LogP contribution in [0.4, 0.5) is 26.3 Å². The number of alkyl halides is 6. The fourth-order valence-corrected chi connectivity index (χ4v) is 1.06. The number of pyridine rings is 2. The van der Waals surface area contributed by atoms with Crippen LogP contribution in [0.1, 0.15) is 25.2 Å². The molecule has 0 aliphatic carbocycles. The van der Waals surface area contributed by atoms with Crippen LogP contribution in [0.2, 0.25) is 0 Å². The molecule has 0 fully saturated rings. The Morgan fingerprint density at radius 3 is 1.09 bits per heavy atom. The van der Waals surface area contributed by atoms with Crippen LogP contribution in [0, 0.1) is 0 Å². The maximum Gasteiger partial charge on any atom is 0.433 e. The first-order valence-corrected chi connectivity index (χ1v) is 6.17. The molecule has 0 amide bonds. The average molecular weight is 324 g/mol. The van der Waals surface area contributed by atoms with Gasteiger partial charge in [0, 0.05) is 12.4 Å². The standard InChI is InChI=1S/2C6H4F3N.C2H6/c2*7-6(8,9)5-3-1-2-4-10-5;1-2/h2*1-4H;1-2H3. The molecule has 2 nitrogen and oxygen atoms in total. The van der Waals surface area contributed by atoms with Crippen LogP contribution in [0.3, 0.4) is 0 Å². The summed E-state index contributed by atoms with van der Waals surface area (Å²) in [7, 11) is 0. The van der Waals surface area contributed by atoms with Gasteiger partial charge in [-0.3, -0.25) is 9.97 Å². The van der Waals surface area contributed by atoms with Gasteiger partial charge in [-0.15, -0.1) is 0 Å². The fourth-order valence-electron chi connectivity index (χ4n) is 1.06. The van der Waals surface area contributed by atoms with Crippen molar-refractivity contribution in [2.24, 2.45) is 0 Å². The first-order valence-electron chi connectivity index (χ1n) is 6.17. The van der Waals surface area contributed by atoms with Gasteiger partial charge in [0.1, 0.15) is 11.4 Å². The summed E-state index contributed by atoms with van der Waals surface area (Å²) in [5, 5.41) is 0. The number of hydrogen-bond acceptors (Lipinski definition) is 2. The van der Waals surface area contributed by atoms with Gasteiger partial charge in [0.05, 0.1) is 0 Å². The summed E-state index contributed by atoms with van der Waals surface area (Å²) in [5.41, 5.74) is -1.70. The Morgan fingerprint density at radius 2 is 0.955 bits per heavy atom. The highest BCUT2D eigenvalue weighted by atomic mass is 19.4. The third-order valence-corrected chi connectivity index (χ3v) is 1.91. The van der Waals surface area contributed by atoms with Gasteiger partial charge in [-0.2, -0.15) is 26.3 Å². The molecule has 122 valence electrons. The molecule has 0 aliphatic rings. The molecule has 0 bridgehead atoms. The van der Waals surface area contributed by atoms with Crippen LogP contribution in [0.25, 0.3) is 0 Å². The summed E-state index contributed by atoms with van der Waals surface area (Å²) in [4.78, 5) is 6.25. The summed E-state index contributed by atoms with van der Waals surface area (Å²) in [5.74, 6) is 0. The van der Waals surface area contributed by atoms with Crippen molar-refractivity contribution in [2.75, 3.05) is 0 Å². The van der Waals surface area contributed by atoms with Crippen LogP contribution in [0.15, 0.2) is 48.8 Å². The molecule has 0 aliphatic heterocycles. The van der Waals surface area contributed by atoms with E-state index in [-0.39, 0.29) is 0 Å². The van der Waals surface area contributed by atoms with Crippen LogP contribution in [-0.4, -0.2) is 9.97 Å². The molecule has 0 unspecified atom stereocenters. The highest BCUT2D eigenvalue weighted by molar-refractivity contribution is 5.07. The quantitative estimate of drug-likeness (QED) is 0.620. The maximum atomic E-state index is 11.7. The van der Waals surface area contributed by atoms with Crippen molar-refractivity contribution in [2.45, 2.75) is 26.2 Å². The van der Waals surface area contributed by atoms with Gasteiger partial charge in [-0.05, 0) is 24.3 Å². The topological polar surface area (TPSA) is 25.8 Å². The van der Waals surface area contributed by atoms with Crippen LogP contribution >= 0.6 is 0 Å². The van der Waals surface area contributed by atoms with E-state index in [0.29, 0.717) is 0 Å². The Labute approximate surface area is 123 Å². The number of aromatic nitrogens is 2. The lowest BCUT2D eigenvalue weighted by atomic mass is 10.3. The van der Waals surface area contributed by atoms with Crippen LogP contribution < -0.4 is 0 Å². The Morgan fingerprint density at radius 1 is 0.636 bits per heavy atom. The smallest absolute Gasteiger partial charge is 0.252 e.